The summed E-state index contributed by atoms with van der Waals surface area (Å²) in [7, 11) is 0. The average molecular weight is 306 g/mol. The van der Waals surface area contributed by atoms with E-state index in [0.717, 1.165) is 12.0 Å². The standard InChI is InChI=1S/C14H15Cl3O/c15-12-6-5-10(8-13(12)16)11(14(17)18)7-9-3-1-2-4-9/h5-6,8-9,11H,1-4,7H2. The zero-order valence-corrected chi connectivity index (χ0v) is 12.2. The molecule has 0 saturated heterocycles. The maximum absolute atomic E-state index is 11.6. The number of carbonyl (C=O) groups is 1. The molecule has 1 aliphatic carbocycles. The van der Waals surface area contributed by atoms with Crippen LogP contribution in [-0.2, 0) is 4.79 Å². The first-order chi connectivity index (χ1) is 8.58. The number of rotatable bonds is 4. The van der Waals surface area contributed by atoms with E-state index in [2.05, 4.69) is 0 Å². The van der Waals surface area contributed by atoms with E-state index in [9.17, 15) is 4.79 Å². The van der Waals surface area contributed by atoms with E-state index in [0.29, 0.717) is 16.0 Å². The summed E-state index contributed by atoms with van der Waals surface area (Å²) in [5.41, 5.74) is 0.872. The monoisotopic (exact) mass is 304 g/mol. The van der Waals surface area contributed by atoms with Gasteiger partial charge in [0.1, 0.15) is 0 Å². The maximum Gasteiger partial charge on any atom is 0.229 e. The Hall–Kier alpha value is -0.240. The molecular formula is C14H15Cl3O. The van der Waals surface area contributed by atoms with Crippen molar-refractivity contribution in [2.45, 2.75) is 38.0 Å². The molecule has 0 N–H and O–H groups in total. The van der Waals surface area contributed by atoms with Crippen LogP contribution in [0.15, 0.2) is 18.2 Å². The van der Waals surface area contributed by atoms with Gasteiger partial charge in [0.05, 0.1) is 16.0 Å². The Morgan fingerprint density at radius 3 is 2.44 bits per heavy atom. The average Bonchev–Trinajstić information content (AvgIpc) is 2.82. The molecule has 1 saturated carbocycles. The van der Waals surface area contributed by atoms with E-state index in [4.69, 9.17) is 34.8 Å². The number of carbonyl (C=O) groups excluding carboxylic acids is 1. The minimum Gasteiger partial charge on any atom is -0.281 e. The molecule has 0 aliphatic heterocycles. The Labute approximate surface area is 122 Å². The molecule has 0 aromatic heterocycles. The number of halogens is 3. The van der Waals surface area contributed by atoms with Gasteiger partial charge in [-0.2, -0.15) is 0 Å². The van der Waals surface area contributed by atoms with Gasteiger partial charge in [0, 0.05) is 0 Å². The second-order valence-corrected chi connectivity index (χ2v) is 6.10. The lowest BCUT2D eigenvalue weighted by Crippen LogP contribution is -2.11. The van der Waals surface area contributed by atoms with Gasteiger partial charge < -0.3 is 0 Å². The van der Waals surface area contributed by atoms with Crippen molar-refractivity contribution in [3.63, 3.8) is 0 Å². The van der Waals surface area contributed by atoms with Gasteiger partial charge in [0.2, 0.25) is 5.24 Å². The highest BCUT2D eigenvalue weighted by atomic mass is 35.5. The lowest BCUT2D eigenvalue weighted by Gasteiger charge is -2.17. The van der Waals surface area contributed by atoms with Crippen LogP contribution in [0.3, 0.4) is 0 Å². The van der Waals surface area contributed by atoms with Crippen LogP contribution in [0.25, 0.3) is 0 Å². The molecule has 1 nitrogen and oxygen atoms in total. The predicted molar refractivity (Wildman–Crippen MR) is 76.6 cm³/mol. The molecule has 0 bridgehead atoms. The molecule has 0 spiro atoms. The molecule has 98 valence electrons. The van der Waals surface area contributed by atoms with Crippen LogP contribution in [0.2, 0.25) is 10.0 Å². The Kier molecular flexibility index (Phi) is 4.94. The van der Waals surface area contributed by atoms with Gasteiger partial charge >= 0.3 is 0 Å². The molecule has 0 amide bonds. The van der Waals surface area contributed by atoms with E-state index in [-0.39, 0.29) is 11.2 Å². The predicted octanol–water partition coefficient (Wildman–Crippen LogP) is 5.42. The van der Waals surface area contributed by atoms with Crippen molar-refractivity contribution in [1.29, 1.82) is 0 Å². The van der Waals surface area contributed by atoms with Crippen molar-refractivity contribution < 1.29 is 4.79 Å². The summed E-state index contributed by atoms with van der Waals surface area (Å²) in [6.07, 6.45) is 5.73. The Bertz CT molecular complexity index is 439. The molecule has 18 heavy (non-hydrogen) atoms. The van der Waals surface area contributed by atoms with Crippen molar-refractivity contribution in [3.05, 3.63) is 33.8 Å². The summed E-state index contributed by atoms with van der Waals surface area (Å²) < 4.78 is 0. The minimum atomic E-state index is -0.305. The van der Waals surface area contributed by atoms with E-state index in [1.807, 2.05) is 6.07 Å². The van der Waals surface area contributed by atoms with Gasteiger partial charge in [-0.25, -0.2) is 0 Å². The number of hydrogen-bond donors (Lipinski definition) is 0. The molecule has 4 heteroatoms. The Morgan fingerprint density at radius 1 is 1.22 bits per heavy atom. The van der Waals surface area contributed by atoms with Crippen molar-refractivity contribution >= 4 is 40.0 Å². The van der Waals surface area contributed by atoms with Crippen molar-refractivity contribution in [3.8, 4) is 0 Å². The smallest absolute Gasteiger partial charge is 0.229 e. The second kappa shape index (κ2) is 6.27. The van der Waals surface area contributed by atoms with Crippen LogP contribution >= 0.6 is 34.8 Å². The quantitative estimate of drug-likeness (QED) is 0.679. The normalized spacial score (nSPS) is 17.9. The van der Waals surface area contributed by atoms with Gasteiger partial charge in [-0.05, 0) is 41.6 Å². The number of hydrogen-bond acceptors (Lipinski definition) is 1. The molecule has 0 radical (unpaired) electrons. The molecule has 2 rings (SSSR count). The Balaban J connectivity index is 2.17. The third-order valence-electron chi connectivity index (χ3n) is 3.66. The highest BCUT2D eigenvalue weighted by Crippen LogP contribution is 2.36. The van der Waals surface area contributed by atoms with Gasteiger partial charge in [-0.1, -0.05) is 55.0 Å². The SMILES string of the molecule is O=C(Cl)C(CC1CCCC1)c1ccc(Cl)c(Cl)c1. The van der Waals surface area contributed by atoms with Gasteiger partial charge in [-0.3, -0.25) is 4.79 Å². The van der Waals surface area contributed by atoms with Crippen LogP contribution in [0.5, 0.6) is 0 Å². The molecule has 1 aromatic rings. The van der Waals surface area contributed by atoms with Crippen LogP contribution in [0, 0.1) is 5.92 Å². The van der Waals surface area contributed by atoms with E-state index >= 15 is 0 Å². The van der Waals surface area contributed by atoms with Crippen molar-refractivity contribution in [1.82, 2.24) is 0 Å². The third kappa shape index (κ3) is 3.40. The highest BCUT2D eigenvalue weighted by molar-refractivity contribution is 6.64. The van der Waals surface area contributed by atoms with Gasteiger partial charge in [0.25, 0.3) is 0 Å². The molecule has 1 atom stereocenters. The van der Waals surface area contributed by atoms with Gasteiger partial charge in [-0.15, -0.1) is 0 Å². The molecule has 1 aromatic carbocycles. The second-order valence-electron chi connectivity index (χ2n) is 4.92. The fourth-order valence-corrected chi connectivity index (χ4v) is 3.19. The molecule has 0 heterocycles. The zero-order chi connectivity index (χ0) is 13.1. The van der Waals surface area contributed by atoms with Crippen molar-refractivity contribution in [2.75, 3.05) is 0 Å². The van der Waals surface area contributed by atoms with E-state index in [1.54, 1.807) is 12.1 Å². The van der Waals surface area contributed by atoms with Crippen LogP contribution in [0.1, 0.15) is 43.6 Å². The summed E-state index contributed by atoms with van der Waals surface area (Å²) in [6, 6.07) is 5.32. The van der Waals surface area contributed by atoms with E-state index in [1.165, 1.54) is 25.7 Å². The molecular weight excluding hydrogens is 291 g/mol. The van der Waals surface area contributed by atoms with Crippen LogP contribution in [-0.4, -0.2) is 5.24 Å². The fraction of sp³-hybridized carbons (Fsp3) is 0.500. The fourth-order valence-electron chi connectivity index (χ4n) is 2.67. The lowest BCUT2D eigenvalue weighted by atomic mass is 9.89. The van der Waals surface area contributed by atoms with Gasteiger partial charge in [0.15, 0.2) is 0 Å². The molecule has 1 aliphatic rings. The summed E-state index contributed by atoms with van der Waals surface area (Å²) in [4.78, 5) is 11.6. The first-order valence-electron chi connectivity index (χ1n) is 6.22. The topological polar surface area (TPSA) is 17.1 Å². The third-order valence-corrected chi connectivity index (χ3v) is 4.67. The maximum atomic E-state index is 11.6. The Morgan fingerprint density at radius 2 is 1.89 bits per heavy atom. The van der Waals surface area contributed by atoms with E-state index < -0.39 is 0 Å². The summed E-state index contributed by atoms with van der Waals surface area (Å²) in [5, 5.41) is 0.672. The largest absolute Gasteiger partial charge is 0.281 e. The first-order valence-corrected chi connectivity index (χ1v) is 7.35. The summed E-state index contributed by atoms with van der Waals surface area (Å²) in [5.74, 6) is 0.344. The summed E-state index contributed by atoms with van der Waals surface area (Å²) >= 11 is 17.6. The first kappa shape index (κ1) is 14.2. The summed E-state index contributed by atoms with van der Waals surface area (Å²) in [6.45, 7) is 0. The van der Waals surface area contributed by atoms with Crippen LogP contribution < -0.4 is 0 Å². The highest BCUT2D eigenvalue weighted by Gasteiger charge is 2.25. The number of benzene rings is 1. The lowest BCUT2D eigenvalue weighted by molar-refractivity contribution is -0.113. The van der Waals surface area contributed by atoms with Crippen LogP contribution in [0.4, 0.5) is 0 Å². The zero-order valence-electron chi connectivity index (χ0n) is 9.96. The molecule has 1 fully saturated rings. The van der Waals surface area contributed by atoms with Crippen molar-refractivity contribution in [2.24, 2.45) is 5.92 Å². The minimum absolute atomic E-state index is 0.260. The molecule has 1 unspecified atom stereocenters.